The number of nitrogens with one attached hydrogen (secondary N) is 1. The van der Waals surface area contributed by atoms with E-state index >= 15 is 0 Å². The molecule has 0 amide bonds. The van der Waals surface area contributed by atoms with Crippen LogP contribution in [0.15, 0.2) is 53.1 Å². The molecular weight excluding hydrogens is 409 g/mol. The molecule has 0 bridgehead atoms. The molecule has 30 heavy (non-hydrogen) atoms. The Morgan fingerprint density at radius 2 is 1.73 bits per heavy atom. The molecule has 3 fully saturated rings. The largest absolute Gasteiger partial charge is 0.374 e. The van der Waals surface area contributed by atoms with Gasteiger partial charge in [-0.3, -0.25) is 5.43 Å². The number of likely N-dealkylation sites (tertiary alicyclic amines) is 1. The van der Waals surface area contributed by atoms with Gasteiger partial charge >= 0.3 is 0 Å². The molecule has 2 aliphatic carbocycles. The van der Waals surface area contributed by atoms with Gasteiger partial charge in [-0.15, -0.1) is 0 Å². The molecular formula is C24H34N3OPS. The van der Waals surface area contributed by atoms with Crippen molar-refractivity contribution >= 4 is 23.9 Å². The van der Waals surface area contributed by atoms with E-state index < -0.39 is 6.42 Å². The summed E-state index contributed by atoms with van der Waals surface area (Å²) >= 11 is 6.55. The number of rotatable bonds is 4. The predicted octanol–water partition coefficient (Wildman–Crippen LogP) is 6.29. The van der Waals surface area contributed by atoms with Crippen LogP contribution in [0, 0.1) is 5.41 Å². The van der Waals surface area contributed by atoms with Gasteiger partial charge < -0.3 is 9.42 Å². The zero-order valence-corrected chi connectivity index (χ0v) is 20.0. The van der Waals surface area contributed by atoms with E-state index in [-0.39, 0.29) is 11.5 Å². The number of allylic oxidation sites excluding steroid dienone is 3. The summed E-state index contributed by atoms with van der Waals surface area (Å²) in [6.07, 6.45) is 9.97. The Bertz CT molecular complexity index is 898. The number of anilines is 1. The van der Waals surface area contributed by atoms with E-state index in [2.05, 4.69) is 65.4 Å². The molecule has 2 heterocycles. The minimum Gasteiger partial charge on any atom is -0.374 e. The molecule has 0 radical (unpaired) electrons. The lowest BCUT2D eigenvalue weighted by Crippen LogP contribution is -2.34. The highest BCUT2D eigenvalue weighted by molar-refractivity contribution is 8.15. The molecule has 0 unspecified atom stereocenters. The molecule has 0 spiro atoms. The summed E-state index contributed by atoms with van der Waals surface area (Å²) in [4.78, 5) is 2.63. The lowest BCUT2D eigenvalue weighted by molar-refractivity contribution is 0.232. The van der Waals surface area contributed by atoms with Gasteiger partial charge in [0, 0.05) is 18.8 Å². The number of benzene rings is 1. The van der Waals surface area contributed by atoms with E-state index in [1.807, 2.05) is 0 Å². The number of hydrazine groups is 1. The summed E-state index contributed by atoms with van der Waals surface area (Å²) in [7, 11) is 0. The summed E-state index contributed by atoms with van der Waals surface area (Å²) in [5, 5.41) is 1.30. The minimum atomic E-state index is -2.44. The van der Waals surface area contributed by atoms with Crippen molar-refractivity contribution in [1.29, 1.82) is 0 Å². The van der Waals surface area contributed by atoms with Crippen LogP contribution in [-0.4, -0.2) is 24.1 Å². The third kappa shape index (κ3) is 3.74. The van der Waals surface area contributed by atoms with Gasteiger partial charge in [0.1, 0.15) is 0 Å². The van der Waals surface area contributed by atoms with Crippen molar-refractivity contribution in [2.75, 3.05) is 17.9 Å². The number of piperidine rings is 1. The van der Waals surface area contributed by atoms with Gasteiger partial charge in [-0.05, 0) is 67.9 Å². The van der Waals surface area contributed by atoms with E-state index in [1.165, 1.54) is 48.8 Å². The highest BCUT2D eigenvalue weighted by Crippen LogP contribution is 2.69. The molecule has 1 aromatic carbocycles. The molecule has 4 aliphatic rings. The topological polar surface area (TPSA) is 27.7 Å². The van der Waals surface area contributed by atoms with Crippen LogP contribution in [0.4, 0.5) is 5.69 Å². The molecule has 1 aromatic rings. The van der Waals surface area contributed by atoms with Crippen molar-refractivity contribution in [3.05, 3.63) is 53.1 Å². The first kappa shape index (κ1) is 20.6. The van der Waals surface area contributed by atoms with Gasteiger partial charge in [-0.2, -0.15) is 0 Å². The first-order valence-electron chi connectivity index (χ1n) is 11.6. The van der Waals surface area contributed by atoms with Crippen LogP contribution < -0.4 is 10.2 Å². The molecule has 162 valence electrons. The van der Waals surface area contributed by atoms with Crippen molar-refractivity contribution in [1.82, 2.24) is 10.3 Å². The van der Waals surface area contributed by atoms with Crippen LogP contribution in [-0.2, 0) is 16.3 Å². The highest BCUT2D eigenvalue weighted by atomic mass is 32.4. The molecule has 6 heteroatoms. The van der Waals surface area contributed by atoms with Gasteiger partial charge in [-0.25, -0.2) is 4.78 Å². The van der Waals surface area contributed by atoms with Crippen LogP contribution in [0.5, 0.6) is 0 Å². The Labute approximate surface area is 186 Å². The first-order chi connectivity index (χ1) is 14.5. The molecule has 2 aliphatic heterocycles. The normalized spacial score (nSPS) is 29.1. The second kappa shape index (κ2) is 8.00. The summed E-state index contributed by atoms with van der Waals surface area (Å²) in [6.45, 7) is 6.97. The van der Waals surface area contributed by atoms with Crippen molar-refractivity contribution in [2.24, 2.45) is 5.41 Å². The number of hydrogen-bond donors (Lipinski definition) is 1. The zero-order chi connectivity index (χ0) is 20.8. The second-order valence-corrected chi connectivity index (χ2v) is 13.4. The smallest absolute Gasteiger partial charge is 0.208 e. The van der Waals surface area contributed by atoms with E-state index in [4.69, 9.17) is 16.3 Å². The second-order valence-electron chi connectivity index (χ2n) is 9.86. The van der Waals surface area contributed by atoms with E-state index in [1.54, 1.807) is 0 Å². The Morgan fingerprint density at radius 1 is 1.03 bits per heavy atom. The Kier molecular flexibility index (Phi) is 5.49. The summed E-state index contributed by atoms with van der Waals surface area (Å²) in [6, 6.07) is 10.5. The van der Waals surface area contributed by atoms with Gasteiger partial charge in [0.25, 0.3) is 0 Å². The molecule has 1 atom stereocenters. The minimum absolute atomic E-state index is 0.110. The van der Waals surface area contributed by atoms with Crippen LogP contribution in [0.1, 0.15) is 65.2 Å². The third-order valence-corrected chi connectivity index (χ3v) is 10.6. The zero-order valence-electron chi connectivity index (χ0n) is 18.3. The number of para-hydroxylation sites is 1. The molecule has 1 N–H and O–H groups in total. The Balaban J connectivity index is 1.64. The van der Waals surface area contributed by atoms with Crippen molar-refractivity contribution in [2.45, 2.75) is 71.3 Å². The fraction of sp³-hybridized carbons (Fsp3) is 0.583. The average molecular weight is 444 g/mol. The van der Waals surface area contributed by atoms with Gasteiger partial charge in [0.05, 0.1) is 22.8 Å². The fourth-order valence-electron chi connectivity index (χ4n) is 5.37. The molecule has 5 rings (SSSR count). The van der Waals surface area contributed by atoms with Crippen LogP contribution in [0.25, 0.3) is 0 Å². The maximum atomic E-state index is 6.95. The maximum absolute atomic E-state index is 6.95. The summed E-state index contributed by atoms with van der Waals surface area (Å²) < 4.78 is 9.16. The van der Waals surface area contributed by atoms with E-state index in [0.717, 1.165) is 38.0 Å². The van der Waals surface area contributed by atoms with Crippen LogP contribution >= 0.6 is 6.42 Å². The molecule has 2 saturated heterocycles. The van der Waals surface area contributed by atoms with Gasteiger partial charge in [-0.1, -0.05) is 51.0 Å². The fourth-order valence-corrected chi connectivity index (χ4v) is 9.41. The SMILES string of the molecule is CC1(C)C=C2NN(c3ccccc3)[P@](=S)(OC3CCCC3)C2=C(N2CCCCC2)C1. The Morgan fingerprint density at radius 3 is 2.43 bits per heavy atom. The van der Waals surface area contributed by atoms with Crippen LogP contribution in [0.2, 0.25) is 0 Å². The van der Waals surface area contributed by atoms with Crippen LogP contribution in [0.3, 0.4) is 0 Å². The van der Waals surface area contributed by atoms with Gasteiger partial charge in [0.2, 0.25) is 6.42 Å². The van der Waals surface area contributed by atoms with Crippen molar-refractivity contribution in [3.63, 3.8) is 0 Å². The number of hydrogen-bond acceptors (Lipinski definition) is 4. The maximum Gasteiger partial charge on any atom is 0.208 e. The lowest BCUT2D eigenvalue weighted by Gasteiger charge is -2.39. The highest BCUT2D eigenvalue weighted by Gasteiger charge is 2.48. The average Bonchev–Trinajstić information content (AvgIpc) is 3.34. The monoisotopic (exact) mass is 443 g/mol. The van der Waals surface area contributed by atoms with E-state index in [9.17, 15) is 0 Å². The van der Waals surface area contributed by atoms with Crippen molar-refractivity contribution < 1.29 is 4.52 Å². The van der Waals surface area contributed by atoms with Crippen molar-refractivity contribution in [3.8, 4) is 0 Å². The summed E-state index contributed by atoms with van der Waals surface area (Å²) in [5.41, 5.74) is 7.59. The predicted molar refractivity (Wildman–Crippen MR) is 129 cm³/mol. The quantitative estimate of drug-likeness (QED) is 0.552. The number of fused-ring (bicyclic) bond motifs is 1. The van der Waals surface area contributed by atoms with Gasteiger partial charge in [0.15, 0.2) is 0 Å². The Hall–Kier alpha value is -1.29. The lowest BCUT2D eigenvalue weighted by atomic mass is 9.82. The first-order valence-corrected chi connectivity index (χ1v) is 14.3. The molecule has 1 saturated carbocycles. The van der Waals surface area contributed by atoms with E-state index in [0.29, 0.717) is 0 Å². The molecule has 4 nitrogen and oxygen atoms in total. The number of nitrogens with zero attached hydrogens (tertiary/aromatic N) is 2. The summed E-state index contributed by atoms with van der Waals surface area (Å²) in [5.74, 6) is 0. The molecule has 0 aromatic heterocycles. The standard InChI is InChI=1S/C24H34N3OPS/c1-24(2)17-21-23(22(18-24)26-15-9-4-10-16-26)29(30,28-20-13-7-8-14-20)27(25-21)19-11-5-3-6-12-19/h3,5-6,11-12,17,20,25H,4,7-10,13-16,18H2,1-2H3/t29-/m0/s1. The third-order valence-electron chi connectivity index (χ3n) is 6.79.